The summed E-state index contributed by atoms with van der Waals surface area (Å²) >= 11 is 0. The molecule has 0 unspecified atom stereocenters. The van der Waals surface area contributed by atoms with Crippen LogP contribution in [0.4, 0.5) is 0 Å². The van der Waals surface area contributed by atoms with Crippen molar-refractivity contribution in [1.29, 1.82) is 0 Å². The molecule has 0 aromatic rings. The molecule has 0 saturated carbocycles. The fraction of sp³-hybridized carbons (Fsp3) is 0.818. The number of methoxy groups -OCH3 is 1. The third kappa shape index (κ3) is 4.70. The molecule has 6 heteroatoms. The standard InChI is InChI=1S/C11H18O6/c1-7(12)15-6-10-9(16-8(2)13)4-5-11(14-3)17-10/h9-11H,4-6H2,1-3H3/t9-,10+,11+/m1/s1. The second kappa shape index (κ2) is 6.56. The van der Waals surface area contributed by atoms with E-state index in [9.17, 15) is 9.59 Å². The van der Waals surface area contributed by atoms with Crippen LogP contribution in [0.5, 0.6) is 0 Å². The van der Waals surface area contributed by atoms with Gasteiger partial charge in [0.15, 0.2) is 6.29 Å². The summed E-state index contributed by atoms with van der Waals surface area (Å²) in [6.07, 6.45) is 0.0665. The molecular formula is C11H18O6. The molecule has 0 bridgehead atoms. The fourth-order valence-electron chi connectivity index (χ4n) is 1.70. The molecule has 0 amide bonds. The Labute approximate surface area is 100 Å². The van der Waals surface area contributed by atoms with E-state index in [2.05, 4.69) is 0 Å². The first-order chi connectivity index (χ1) is 8.02. The average Bonchev–Trinajstić information content (AvgIpc) is 2.27. The van der Waals surface area contributed by atoms with Gasteiger partial charge in [0.25, 0.3) is 0 Å². The van der Waals surface area contributed by atoms with Crippen LogP contribution in [0, 0.1) is 0 Å². The minimum absolute atomic E-state index is 0.0626. The van der Waals surface area contributed by atoms with Crippen LogP contribution in [0.3, 0.4) is 0 Å². The van der Waals surface area contributed by atoms with Gasteiger partial charge in [-0.1, -0.05) is 0 Å². The zero-order valence-electron chi connectivity index (χ0n) is 10.3. The SMILES string of the molecule is CO[C@@H]1CC[C@@H](OC(C)=O)[C@H](COC(C)=O)O1. The zero-order chi connectivity index (χ0) is 12.8. The van der Waals surface area contributed by atoms with E-state index in [-0.39, 0.29) is 18.9 Å². The van der Waals surface area contributed by atoms with Gasteiger partial charge in [0.1, 0.15) is 18.8 Å². The van der Waals surface area contributed by atoms with Crippen LogP contribution in [0.2, 0.25) is 0 Å². The van der Waals surface area contributed by atoms with E-state index in [0.717, 1.165) is 0 Å². The van der Waals surface area contributed by atoms with E-state index >= 15 is 0 Å². The number of carbonyl (C=O) groups excluding carboxylic acids is 2. The lowest BCUT2D eigenvalue weighted by Gasteiger charge is -2.34. The molecule has 1 rings (SSSR count). The largest absolute Gasteiger partial charge is 0.463 e. The van der Waals surface area contributed by atoms with Gasteiger partial charge < -0.3 is 18.9 Å². The molecule has 0 aliphatic carbocycles. The molecule has 3 atom stereocenters. The molecule has 1 aliphatic rings. The Bertz CT molecular complexity index is 277. The maximum atomic E-state index is 10.9. The fourth-order valence-corrected chi connectivity index (χ4v) is 1.70. The van der Waals surface area contributed by atoms with Crippen molar-refractivity contribution in [2.75, 3.05) is 13.7 Å². The summed E-state index contributed by atoms with van der Waals surface area (Å²) in [6.45, 7) is 2.72. The van der Waals surface area contributed by atoms with Crippen molar-refractivity contribution < 1.29 is 28.5 Å². The van der Waals surface area contributed by atoms with Crippen LogP contribution in [0.1, 0.15) is 26.7 Å². The Kier molecular flexibility index (Phi) is 5.37. The third-order valence-corrected chi connectivity index (χ3v) is 2.46. The van der Waals surface area contributed by atoms with Gasteiger partial charge in [0.2, 0.25) is 0 Å². The Hall–Kier alpha value is -1.14. The van der Waals surface area contributed by atoms with Crippen LogP contribution in [0.15, 0.2) is 0 Å². The highest BCUT2D eigenvalue weighted by molar-refractivity contribution is 5.66. The predicted molar refractivity (Wildman–Crippen MR) is 57.1 cm³/mol. The van der Waals surface area contributed by atoms with E-state index in [1.54, 1.807) is 7.11 Å². The van der Waals surface area contributed by atoms with Gasteiger partial charge >= 0.3 is 11.9 Å². The molecule has 1 heterocycles. The number of esters is 2. The molecule has 0 spiro atoms. The molecule has 0 radical (unpaired) electrons. The lowest BCUT2D eigenvalue weighted by Crippen LogP contribution is -2.44. The van der Waals surface area contributed by atoms with Crippen molar-refractivity contribution in [3.8, 4) is 0 Å². The van der Waals surface area contributed by atoms with E-state index in [4.69, 9.17) is 18.9 Å². The Morgan fingerprint density at radius 1 is 1.24 bits per heavy atom. The van der Waals surface area contributed by atoms with Gasteiger partial charge in [0, 0.05) is 27.4 Å². The summed E-state index contributed by atoms with van der Waals surface area (Å²) in [7, 11) is 1.54. The second-order valence-electron chi connectivity index (χ2n) is 3.87. The van der Waals surface area contributed by atoms with Crippen molar-refractivity contribution in [2.45, 2.75) is 45.2 Å². The highest BCUT2D eigenvalue weighted by atomic mass is 16.7. The van der Waals surface area contributed by atoms with Crippen molar-refractivity contribution in [2.24, 2.45) is 0 Å². The predicted octanol–water partition coefficient (Wildman–Crippen LogP) is 0.633. The van der Waals surface area contributed by atoms with Gasteiger partial charge in [-0.05, 0) is 6.42 Å². The van der Waals surface area contributed by atoms with Crippen molar-refractivity contribution in [3.05, 3.63) is 0 Å². The summed E-state index contributed by atoms with van der Waals surface area (Å²) in [5, 5.41) is 0. The maximum absolute atomic E-state index is 10.9. The van der Waals surface area contributed by atoms with Crippen LogP contribution in [0.25, 0.3) is 0 Å². The third-order valence-electron chi connectivity index (χ3n) is 2.46. The topological polar surface area (TPSA) is 71.1 Å². The van der Waals surface area contributed by atoms with Crippen molar-refractivity contribution in [1.82, 2.24) is 0 Å². The summed E-state index contributed by atoms with van der Waals surface area (Å²) < 4.78 is 20.6. The van der Waals surface area contributed by atoms with Crippen LogP contribution >= 0.6 is 0 Å². The Morgan fingerprint density at radius 3 is 2.47 bits per heavy atom. The zero-order valence-corrected chi connectivity index (χ0v) is 10.3. The highest BCUT2D eigenvalue weighted by Gasteiger charge is 2.34. The minimum Gasteiger partial charge on any atom is -0.463 e. The quantitative estimate of drug-likeness (QED) is 0.678. The monoisotopic (exact) mass is 246 g/mol. The first-order valence-corrected chi connectivity index (χ1v) is 5.51. The smallest absolute Gasteiger partial charge is 0.302 e. The minimum atomic E-state index is -0.471. The van der Waals surface area contributed by atoms with Gasteiger partial charge in [0.05, 0.1) is 0 Å². The molecular weight excluding hydrogens is 228 g/mol. The lowest BCUT2D eigenvalue weighted by molar-refractivity contribution is -0.229. The van der Waals surface area contributed by atoms with Gasteiger partial charge in [-0.2, -0.15) is 0 Å². The van der Waals surface area contributed by atoms with Crippen LogP contribution in [-0.2, 0) is 28.5 Å². The second-order valence-corrected chi connectivity index (χ2v) is 3.87. The van der Waals surface area contributed by atoms with E-state index in [1.165, 1.54) is 13.8 Å². The molecule has 1 fully saturated rings. The molecule has 98 valence electrons. The summed E-state index contributed by atoms with van der Waals surface area (Å²) in [4.78, 5) is 21.7. The van der Waals surface area contributed by atoms with Gasteiger partial charge in [-0.15, -0.1) is 0 Å². The molecule has 0 aromatic heterocycles. The van der Waals surface area contributed by atoms with E-state index < -0.39 is 18.2 Å². The van der Waals surface area contributed by atoms with Crippen LogP contribution in [-0.4, -0.2) is 44.2 Å². The summed E-state index contributed by atoms with van der Waals surface area (Å²) in [5.74, 6) is -0.767. The van der Waals surface area contributed by atoms with E-state index in [1.807, 2.05) is 0 Å². The molecule has 6 nitrogen and oxygen atoms in total. The van der Waals surface area contributed by atoms with Crippen LogP contribution < -0.4 is 0 Å². The first-order valence-electron chi connectivity index (χ1n) is 5.51. The van der Waals surface area contributed by atoms with E-state index in [0.29, 0.717) is 12.8 Å². The van der Waals surface area contributed by atoms with Gasteiger partial charge in [-0.3, -0.25) is 9.59 Å². The lowest BCUT2D eigenvalue weighted by atomic mass is 10.1. The normalized spacial score (nSPS) is 28.5. The molecule has 17 heavy (non-hydrogen) atoms. The van der Waals surface area contributed by atoms with Crippen molar-refractivity contribution >= 4 is 11.9 Å². The molecule has 1 aliphatic heterocycles. The molecule has 0 aromatic carbocycles. The number of hydrogen-bond donors (Lipinski definition) is 0. The number of carbonyl (C=O) groups is 2. The highest BCUT2D eigenvalue weighted by Crippen LogP contribution is 2.23. The molecule has 0 N–H and O–H groups in total. The first kappa shape index (κ1) is 13.9. The average molecular weight is 246 g/mol. The number of ether oxygens (including phenoxy) is 4. The maximum Gasteiger partial charge on any atom is 0.302 e. The summed E-state index contributed by atoms with van der Waals surface area (Å²) in [5.41, 5.74) is 0. The Morgan fingerprint density at radius 2 is 1.94 bits per heavy atom. The summed E-state index contributed by atoms with van der Waals surface area (Å²) in [6, 6.07) is 0. The Balaban J connectivity index is 2.54. The number of hydrogen-bond acceptors (Lipinski definition) is 6. The number of rotatable bonds is 4. The van der Waals surface area contributed by atoms with Gasteiger partial charge in [-0.25, -0.2) is 0 Å². The molecule has 1 saturated heterocycles. The van der Waals surface area contributed by atoms with Crippen molar-refractivity contribution in [3.63, 3.8) is 0 Å².